The fourth-order valence-corrected chi connectivity index (χ4v) is 7.05. The maximum atomic E-state index is 12.7. The second-order valence-electron chi connectivity index (χ2n) is 13.2. The average Bonchev–Trinajstić information content (AvgIpc) is 3.67. The maximum absolute atomic E-state index is 12.7. The number of likely N-dealkylation sites (tertiary alicyclic amines) is 1. The number of ether oxygens (including phenoxy) is 1. The molecule has 2 atom stereocenters. The van der Waals surface area contributed by atoms with E-state index in [1.165, 1.54) is 0 Å². The number of carboxylic acids is 1. The van der Waals surface area contributed by atoms with Crippen LogP contribution in [0.2, 0.25) is 0 Å². The first-order chi connectivity index (χ1) is 23.1. The molecule has 0 aliphatic carbocycles. The molecule has 12 heteroatoms. The summed E-state index contributed by atoms with van der Waals surface area (Å²) in [5.41, 5.74) is 11.8. The van der Waals surface area contributed by atoms with Crippen LogP contribution in [0.4, 0.5) is 11.5 Å². The van der Waals surface area contributed by atoms with Gasteiger partial charge in [0.15, 0.2) is 11.6 Å². The Balaban J connectivity index is 1.31. The number of pyridine rings is 1. The molecule has 2 fully saturated rings. The van der Waals surface area contributed by atoms with Gasteiger partial charge in [0.05, 0.1) is 24.9 Å². The molecule has 3 aromatic rings. The van der Waals surface area contributed by atoms with E-state index in [-0.39, 0.29) is 18.2 Å². The number of amides is 1. The Morgan fingerprint density at radius 3 is 2.52 bits per heavy atom. The maximum Gasteiger partial charge on any atom is 0.304 e. The zero-order valence-corrected chi connectivity index (χ0v) is 28.4. The molecule has 0 saturated carbocycles. The lowest BCUT2D eigenvalue weighted by atomic mass is 9.93. The van der Waals surface area contributed by atoms with E-state index in [0.29, 0.717) is 69.5 Å². The molecule has 2 aromatic heterocycles. The number of aldehydes is 1. The number of carbonyl (C=O) groups is 3. The molecule has 48 heavy (non-hydrogen) atoms. The number of methoxy groups -OCH3 is 1. The number of nitrogens with zero attached hydrogens (tertiary/aromatic N) is 6. The SMILES string of the molecule is COc1ccc(CCC2CCN(CC(CC(=O)O)c3cc(N4CCN(C(=O)CCCC=O)CC4)cc(-n4nc(C)cc4C)c3)C2)nc1N. The number of aliphatic carboxylic acids is 1. The fraction of sp³-hybridized carbons (Fsp3) is 0.528. The van der Waals surface area contributed by atoms with Crippen LogP contribution in [0.3, 0.4) is 0 Å². The first-order valence-corrected chi connectivity index (χ1v) is 17.0. The van der Waals surface area contributed by atoms with E-state index in [9.17, 15) is 19.5 Å². The lowest BCUT2D eigenvalue weighted by Crippen LogP contribution is -2.48. The lowest BCUT2D eigenvalue weighted by Gasteiger charge is -2.37. The van der Waals surface area contributed by atoms with Gasteiger partial charge in [-0.2, -0.15) is 5.10 Å². The van der Waals surface area contributed by atoms with Crippen LogP contribution in [0.1, 0.15) is 67.1 Å². The Kier molecular flexibility index (Phi) is 11.7. The number of aromatic nitrogens is 3. The van der Waals surface area contributed by atoms with Gasteiger partial charge in [-0.3, -0.25) is 9.59 Å². The molecule has 3 N–H and O–H groups in total. The van der Waals surface area contributed by atoms with Gasteiger partial charge < -0.3 is 35.1 Å². The minimum Gasteiger partial charge on any atom is -0.493 e. The third kappa shape index (κ3) is 8.91. The summed E-state index contributed by atoms with van der Waals surface area (Å²) < 4.78 is 7.16. The molecule has 258 valence electrons. The smallest absolute Gasteiger partial charge is 0.304 e. The fourth-order valence-electron chi connectivity index (χ4n) is 7.05. The number of hydrogen-bond acceptors (Lipinski definition) is 9. The van der Waals surface area contributed by atoms with E-state index >= 15 is 0 Å². The third-order valence-electron chi connectivity index (χ3n) is 9.60. The summed E-state index contributed by atoms with van der Waals surface area (Å²) in [6.45, 7) is 9.03. The summed E-state index contributed by atoms with van der Waals surface area (Å²) >= 11 is 0. The predicted octanol–water partition coefficient (Wildman–Crippen LogP) is 4.01. The molecular weight excluding hydrogens is 610 g/mol. The van der Waals surface area contributed by atoms with Crippen molar-refractivity contribution in [3.05, 3.63) is 59.0 Å². The van der Waals surface area contributed by atoms with Crippen molar-refractivity contribution in [2.45, 2.75) is 64.7 Å². The largest absolute Gasteiger partial charge is 0.493 e. The van der Waals surface area contributed by atoms with Crippen LogP contribution >= 0.6 is 0 Å². The highest BCUT2D eigenvalue weighted by Crippen LogP contribution is 2.32. The highest BCUT2D eigenvalue weighted by Gasteiger charge is 2.28. The molecule has 2 saturated heterocycles. The van der Waals surface area contributed by atoms with E-state index in [2.05, 4.69) is 33.0 Å². The van der Waals surface area contributed by atoms with Crippen LogP contribution in [0.25, 0.3) is 5.69 Å². The summed E-state index contributed by atoms with van der Waals surface area (Å²) in [6.07, 6.45) is 5.13. The van der Waals surface area contributed by atoms with Crippen LogP contribution in [0, 0.1) is 19.8 Å². The van der Waals surface area contributed by atoms with E-state index in [1.807, 2.05) is 41.6 Å². The van der Waals surface area contributed by atoms with Gasteiger partial charge in [-0.25, -0.2) is 9.67 Å². The average molecular weight is 660 g/mol. The lowest BCUT2D eigenvalue weighted by molar-refractivity contribution is -0.137. The van der Waals surface area contributed by atoms with Crippen molar-refractivity contribution in [2.24, 2.45) is 5.92 Å². The third-order valence-corrected chi connectivity index (χ3v) is 9.60. The standard InChI is InChI=1S/C36H49N7O5/c1-25-18-26(2)43(39-25)32-20-28(19-31(22-32)41-13-15-42(16-14-41)34(45)6-4-5-17-44)29(21-35(46)47)24-40-12-11-27(23-40)7-8-30-9-10-33(48-3)36(37)38-30/h9-10,17-20,22,27,29H,4-8,11-16,21,23-24H2,1-3H3,(H2,37,38)(H,46,47). The van der Waals surface area contributed by atoms with Gasteiger partial charge in [0.2, 0.25) is 5.91 Å². The van der Waals surface area contributed by atoms with Crippen molar-refractivity contribution in [3.63, 3.8) is 0 Å². The van der Waals surface area contributed by atoms with Crippen LogP contribution in [-0.4, -0.2) is 101 Å². The molecule has 4 heterocycles. The minimum atomic E-state index is -0.821. The number of carbonyl (C=O) groups excluding carboxylic acids is 2. The number of carboxylic acid groups (broad SMARTS) is 1. The van der Waals surface area contributed by atoms with Gasteiger partial charge in [-0.05, 0) is 94.0 Å². The number of rotatable bonds is 15. The summed E-state index contributed by atoms with van der Waals surface area (Å²) in [6, 6.07) is 12.2. The molecule has 0 spiro atoms. The van der Waals surface area contributed by atoms with Gasteiger partial charge in [0, 0.05) is 75.1 Å². The molecule has 2 aliphatic heterocycles. The van der Waals surface area contributed by atoms with E-state index < -0.39 is 5.97 Å². The van der Waals surface area contributed by atoms with Crippen molar-refractivity contribution >= 4 is 29.7 Å². The van der Waals surface area contributed by atoms with Gasteiger partial charge in [0.1, 0.15) is 6.29 Å². The van der Waals surface area contributed by atoms with Crippen LogP contribution < -0.4 is 15.4 Å². The highest BCUT2D eigenvalue weighted by molar-refractivity contribution is 5.77. The number of unbranched alkanes of at least 4 members (excludes halogenated alkanes) is 1. The highest BCUT2D eigenvalue weighted by atomic mass is 16.5. The zero-order valence-electron chi connectivity index (χ0n) is 28.4. The summed E-state index contributed by atoms with van der Waals surface area (Å²) in [5, 5.41) is 14.8. The molecule has 12 nitrogen and oxygen atoms in total. The monoisotopic (exact) mass is 659 g/mol. The van der Waals surface area contributed by atoms with Crippen molar-refractivity contribution in [3.8, 4) is 11.4 Å². The Morgan fingerprint density at radius 2 is 1.85 bits per heavy atom. The van der Waals surface area contributed by atoms with Gasteiger partial charge in [0.25, 0.3) is 0 Å². The predicted molar refractivity (Wildman–Crippen MR) is 185 cm³/mol. The van der Waals surface area contributed by atoms with Crippen LogP contribution in [0.5, 0.6) is 5.75 Å². The molecule has 2 aliphatic rings. The Bertz CT molecular complexity index is 1580. The second kappa shape index (κ2) is 16.1. The van der Waals surface area contributed by atoms with Crippen molar-refractivity contribution in [1.29, 1.82) is 0 Å². The van der Waals surface area contributed by atoms with Crippen molar-refractivity contribution in [2.75, 3.05) is 63.6 Å². The molecular formula is C36H49N7O5. The molecule has 1 aromatic carbocycles. The number of hydrogen-bond donors (Lipinski definition) is 2. The summed E-state index contributed by atoms with van der Waals surface area (Å²) in [7, 11) is 1.58. The number of nitrogens with two attached hydrogens (primary N) is 1. The zero-order chi connectivity index (χ0) is 34.2. The van der Waals surface area contributed by atoms with Crippen molar-refractivity contribution < 1.29 is 24.2 Å². The summed E-state index contributed by atoms with van der Waals surface area (Å²) in [5.74, 6) is 0.542. The number of aryl methyl sites for hydroxylation is 3. The molecule has 0 bridgehead atoms. The van der Waals surface area contributed by atoms with Gasteiger partial charge >= 0.3 is 5.97 Å². The number of benzene rings is 1. The minimum absolute atomic E-state index is 0.0271. The van der Waals surface area contributed by atoms with Crippen LogP contribution in [0.15, 0.2) is 36.4 Å². The second-order valence-corrected chi connectivity index (χ2v) is 13.2. The molecule has 5 rings (SSSR count). The first kappa shape index (κ1) is 34.9. The Labute approximate surface area is 282 Å². The van der Waals surface area contributed by atoms with Gasteiger partial charge in [-0.1, -0.05) is 0 Å². The number of anilines is 2. The molecule has 1 amide bonds. The first-order valence-electron chi connectivity index (χ1n) is 17.0. The quantitative estimate of drug-likeness (QED) is 0.181. The normalized spacial score (nSPS) is 17.4. The Morgan fingerprint density at radius 1 is 1.08 bits per heavy atom. The van der Waals surface area contributed by atoms with E-state index in [0.717, 1.165) is 72.7 Å². The van der Waals surface area contributed by atoms with E-state index in [4.69, 9.17) is 15.6 Å². The number of piperazine rings is 1. The van der Waals surface area contributed by atoms with E-state index in [1.54, 1.807) is 7.11 Å². The summed E-state index contributed by atoms with van der Waals surface area (Å²) in [4.78, 5) is 46.6. The topological polar surface area (TPSA) is 147 Å². The van der Waals surface area contributed by atoms with Crippen LogP contribution in [-0.2, 0) is 20.8 Å². The Hall–Kier alpha value is -4.45. The number of nitrogen functional groups attached to an aromatic ring is 1. The molecule has 0 radical (unpaired) electrons. The van der Waals surface area contributed by atoms with Gasteiger partial charge in [-0.15, -0.1) is 0 Å². The van der Waals surface area contributed by atoms with Crippen molar-refractivity contribution in [1.82, 2.24) is 24.6 Å². The molecule has 2 unspecified atom stereocenters.